The molecule has 2 rings (SSSR count). The van der Waals surface area contributed by atoms with Crippen molar-refractivity contribution in [1.82, 2.24) is 9.97 Å². The molecule has 5 nitrogen and oxygen atoms in total. The van der Waals surface area contributed by atoms with E-state index < -0.39 is 0 Å². The number of nitrogen functional groups attached to an aromatic ring is 1. The van der Waals surface area contributed by atoms with E-state index in [4.69, 9.17) is 5.84 Å². The highest BCUT2D eigenvalue weighted by Crippen LogP contribution is 2.22. The molecule has 1 aliphatic rings. The van der Waals surface area contributed by atoms with E-state index in [0.29, 0.717) is 0 Å². The number of hydrogen-bond acceptors (Lipinski definition) is 5. The SMILES string of the molecule is CCc1c(C)nc(N2CCCCCC2)nc1NN. The molecule has 1 aromatic rings. The van der Waals surface area contributed by atoms with Crippen LogP contribution in [0.15, 0.2) is 0 Å². The average Bonchev–Trinajstić information content (AvgIpc) is 2.66. The Balaban J connectivity index is 2.29. The summed E-state index contributed by atoms with van der Waals surface area (Å²) < 4.78 is 0. The van der Waals surface area contributed by atoms with E-state index in [1.807, 2.05) is 6.92 Å². The molecule has 1 saturated heterocycles. The summed E-state index contributed by atoms with van der Waals surface area (Å²) in [7, 11) is 0. The van der Waals surface area contributed by atoms with Crippen LogP contribution in [0.5, 0.6) is 0 Å². The number of hydrogen-bond donors (Lipinski definition) is 2. The Labute approximate surface area is 109 Å². The van der Waals surface area contributed by atoms with Gasteiger partial charge in [0.25, 0.3) is 0 Å². The van der Waals surface area contributed by atoms with Gasteiger partial charge in [0.05, 0.1) is 0 Å². The predicted molar refractivity (Wildman–Crippen MR) is 74.6 cm³/mol. The molecule has 5 heteroatoms. The van der Waals surface area contributed by atoms with Crippen molar-refractivity contribution in [2.45, 2.75) is 46.0 Å². The minimum Gasteiger partial charge on any atom is -0.341 e. The minimum atomic E-state index is 0.768. The highest BCUT2D eigenvalue weighted by molar-refractivity contribution is 5.50. The first-order chi connectivity index (χ1) is 8.76. The lowest BCUT2D eigenvalue weighted by Gasteiger charge is -2.22. The third-order valence-corrected chi connectivity index (χ3v) is 3.58. The first-order valence-electron chi connectivity index (χ1n) is 6.85. The lowest BCUT2D eigenvalue weighted by Crippen LogP contribution is -2.27. The van der Waals surface area contributed by atoms with E-state index in [1.54, 1.807) is 0 Å². The Morgan fingerprint density at radius 2 is 1.83 bits per heavy atom. The smallest absolute Gasteiger partial charge is 0.227 e. The number of aromatic nitrogens is 2. The van der Waals surface area contributed by atoms with Crippen LogP contribution in [0.3, 0.4) is 0 Å². The summed E-state index contributed by atoms with van der Waals surface area (Å²) in [6, 6.07) is 0. The molecule has 0 amide bonds. The Morgan fingerprint density at radius 1 is 1.17 bits per heavy atom. The maximum Gasteiger partial charge on any atom is 0.227 e. The van der Waals surface area contributed by atoms with Crippen molar-refractivity contribution in [3.8, 4) is 0 Å². The number of anilines is 2. The maximum absolute atomic E-state index is 5.57. The summed E-state index contributed by atoms with van der Waals surface area (Å²) >= 11 is 0. The van der Waals surface area contributed by atoms with E-state index in [-0.39, 0.29) is 0 Å². The van der Waals surface area contributed by atoms with Gasteiger partial charge in [-0.05, 0) is 26.2 Å². The van der Waals surface area contributed by atoms with Gasteiger partial charge in [-0.25, -0.2) is 10.8 Å². The van der Waals surface area contributed by atoms with Gasteiger partial charge in [0.15, 0.2) is 0 Å². The van der Waals surface area contributed by atoms with Crippen LogP contribution < -0.4 is 16.2 Å². The molecular weight excluding hydrogens is 226 g/mol. The van der Waals surface area contributed by atoms with Gasteiger partial charge in [0.1, 0.15) is 5.82 Å². The van der Waals surface area contributed by atoms with Crippen molar-refractivity contribution in [2.24, 2.45) is 5.84 Å². The lowest BCUT2D eigenvalue weighted by atomic mass is 10.2. The second-order valence-electron chi connectivity index (χ2n) is 4.84. The van der Waals surface area contributed by atoms with Crippen LogP contribution >= 0.6 is 0 Å². The van der Waals surface area contributed by atoms with Gasteiger partial charge in [-0.2, -0.15) is 4.98 Å². The second kappa shape index (κ2) is 6.00. The van der Waals surface area contributed by atoms with Gasteiger partial charge >= 0.3 is 0 Å². The highest BCUT2D eigenvalue weighted by atomic mass is 15.3. The number of rotatable bonds is 3. The molecule has 1 aromatic heterocycles. The van der Waals surface area contributed by atoms with Crippen molar-refractivity contribution in [2.75, 3.05) is 23.4 Å². The van der Waals surface area contributed by atoms with E-state index in [1.165, 1.54) is 25.7 Å². The zero-order valence-electron chi connectivity index (χ0n) is 11.4. The molecule has 0 aromatic carbocycles. The van der Waals surface area contributed by atoms with Crippen molar-refractivity contribution in [3.63, 3.8) is 0 Å². The zero-order valence-corrected chi connectivity index (χ0v) is 11.4. The zero-order chi connectivity index (χ0) is 13.0. The molecule has 3 N–H and O–H groups in total. The summed E-state index contributed by atoms with van der Waals surface area (Å²) in [4.78, 5) is 11.5. The number of nitrogens with zero attached hydrogens (tertiary/aromatic N) is 3. The van der Waals surface area contributed by atoms with Gasteiger partial charge in [-0.15, -0.1) is 0 Å². The molecular formula is C13H23N5. The maximum atomic E-state index is 5.57. The summed E-state index contributed by atoms with van der Waals surface area (Å²) in [6.45, 7) is 6.23. The van der Waals surface area contributed by atoms with Crippen molar-refractivity contribution in [1.29, 1.82) is 0 Å². The molecule has 1 aliphatic heterocycles. The Kier molecular flexibility index (Phi) is 4.36. The predicted octanol–water partition coefficient (Wildman–Crippen LogP) is 2.01. The molecule has 100 valence electrons. The van der Waals surface area contributed by atoms with Crippen molar-refractivity contribution in [3.05, 3.63) is 11.3 Å². The Bertz CT molecular complexity index is 397. The molecule has 0 bridgehead atoms. The van der Waals surface area contributed by atoms with Crippen LogP contribution in [0.2, 0.25) is 0 Å². The third-order valence-electron chi connectivity index (χ3n) is 3.58. The summed E-state index contributed by atoms with van der Waals surface area (Å²) in [5.74, 6) is 7.15. The fourth-order valence-corrected chi connectivity index (χ4v) is 2.54. The third kappa shape index (κ3) is 2.72. The number of hydrazine groups is 1. The molecule has 0 aliphatic carbocycles. The normalized spacial score (nSPS) is 16.5. The molecule has 0 atom stereocenters. The molecule has 0 spiro atoms. The van der Waals surface area contributed by atoms with Crippen LogP contribution in [-0.2, 0) is 6.42 Å². The number of nitrogens with one attached hydrogen (secondary N) is 1. The van der Waals surface area contributed by atoms with E-state index in [0.717, 1.165) is 42.5 Å². The van der Waals surface area contributed by atoms with E-state index >= 15 is 0 Å². The quantitative estimate of drug-likeness (QED) is 0.633. The van der Waals surface area contributed by atoms with Crippen LogP contribution in [0.4, 0.5) is 11.8 Å². The lowest BCUT2D eigenvalue weighted by molar-refractivity contribution is 0.726. The van der Waals surface area contributed by atoms with Gasteiger partial charge < -0.3 is 10.3 Å². The van der Waals surface area contributed by atoms with Gasteiger partial charge in [0, 0.05) is 24.3 Å². The van der Waals surface area contributed by atoms with Crippen LogP contribution in [0.25, 0.3) is 0 Å². The van der Waals surface area contributed by atoms with Gasteiger partial charge in [-0.1, -0.05) is 19.8 Å². The largest absolute Gasteiger partial charge is 0.341 e. The van der Waals surface area contributed by atoms with Crippen molar-refractivity contribution < 1.29 is 0 Å². The molecule has 2 heterocycles. The first kappa shape index (κ1) is 13.1. The first-order valence-corrected chi connectivity index (χ1v) is 6.85. The van der Waals surface area contributed by atoms with E-state index in [2.05, 4.69) is 27.2 Å². The molecule has 1 fully saturated rings. The Morgan fingerprint density at radius 3 is 2.39 bits per heavy atom. The summed E-state index contributed by atoms with van der Waals surface area (Å²) in [5.41, 5.74) is 4.84. The fourth-order valence-electron chi connectivity index (χ4n) is 2.54. The van der Waals surface area contributed by atoms with E-state index in [9.17, 15) is 0 Å². The Hall–Kier alpha value is -1.36. The summed E-state index contributed by atoms with van der Waals surface area (Å²) in [5, 5.41) is 0. The molecule has 0 radical (unpaired) electrons. The molecule has 0 saturated carbocycles. The molecule has 18 heavy (non-hydrogen) atoms. The number of nitrogens with two attached hydrogens (primary N) is 1. The fraction of sp³-hybridized carbons (Fsp3) is 0.692. The monoisotopic (exact) mass is 249 g/mol. The number of aryl methyl sites for hydroxylation is 1. The average molecular weight is 249 g/mol. The highest BCUT2D eigenvalue weighted by Gasteiger charge is 2.16. The van der Waals surface area contributed by atoms with Crippen LogP contribution in [0.1, 0.15) is 43.9 Å². The van der Waals surface area contributed by atoms with Gasteiger partial charge in [-0.3, -0.25) is 0 Å². The van der Waals surface area contributed by atoms with Crippen LogP contribution in [-0.4, -0.2) is 23.1 Å². The second-order valence-corrected chi connectivity index (χ2v) is 4.84. The minimum absolute atomic E-state index is 0.768. The van der Waals surface area contributed by atoms with Crippen molar-refractivity contribution >= 4 is 11.8 Å². The topological polar surface area (TPSA) is 67.1 Å². The van der Waals surface area contributed by atoms with Gasteiger partial charge in [0.2, 0.25) is 5.95 Å². The standard InChI is InChI=1S/C13H23N5/c1-3-11-10(2)15-13(16-12(11)17-14)18-8-6-4-5-7-9-18/h3-9,14H2,1-2H3,(H,15,16,17). The molecule has 0 unspecified atom stereocenters. The summed E-state index contributed by atoms with van der Waals surface area (Å²) in [6.07, 6.45) is 5.97. The van der Waals surface area contributed by atoms with Crippen LogP contribution in [0, 0.1) is 6.92 Å².